The van der Waals surface area contributed by atoms with Gasteiger partial charge >= 0.3 is 11.6 Å². The number of hydrogen-bond acceptors (Lipinski definition) is 9. The van der Waals surface area contributed by atoms with Crippen LogP contribution in [-0.4, -0.2) is 25.7 Å². The summed E-state index contributed by atoms with van der Waals surface area (Å²) in [6, 6.07) is 17.4. The van der Waals surface area contributed by atoms with Gasteiger partial charge < -0.3 is 4.74 Å². The number of carbonyl (C=O) groups excluding carboxylic acids is 1. The Morgan fingerprint density at radius 2 is 1.61 bits per heavy atom. The van der Waals surface area contributed by atoms with E-state index in [-0.39, 0.29) is 22.9 Å². The summed E-state index contributed by atoms with van der Waals surface area (Å²) >= 11 is 0. The minimum Gasteiger partial charge on any atom is -0.433 e. The third-order valence-corrected chi connectivity index (χ3v) is 4.56. The van der Waals surface area contributed by atoms with Crippen molar-refractivity contribution in [1.29, 1.82) is 0 Å². The number of hydrazine groups is 1. The van der Waals surface area contributed by atoms with Gasteiger partial charge in [-0.2, -0.15) is 4.98 Å². The number of benzene rings is 3. The Kier molecular flexibility index (Phi) is 5.72. The van der Waals surface area contributed by atoms with Crippen molar-refractivity contribution in [3.8, 4) is 11.6 Å². The van der Waals surface area contributed by atoms with Crippen LogP contribution < -0.4 is 15.6 Å². The lowest BCUT2D eigenvalue weighted by Crippen LogP contribution is -2.30. The molecule has 0 saturated carbocycles. The highest BCUT2D eigenvalue weighted by molar-refractivity contribution is 5.95. The number of nitro benzene ring substituents is 1. The van der Waals surface area contributed by atoms with Crippen LogP contribution in [0.25, 0.3) is 10.8 Å². The second kappa shape index (κ2) is 8.93. The minimum absolute atomic E-state index is 0.0945. The van der Waals surface area contributed by atoms with Crippen LogP contribution in [0.5, 0.6) is 11.6 Å². The van der Waals surface area contributed by atoms with E-state index in [4.69, 9.17) is 4.74 Å². The van der Waals surface area contributed by atoms with E-state index in [1.807, 2.05) is 24.3 Å². The van der Waals surface area contributed by atoms with Crippen molar-refractivity contribution in [3.05, 3.63) is 98.8 Å². The number of anilines is 1. The lowest BCUT2D eigenvalue weighted by molar-refractivity contribution is -0.385. The Hall–Kier alpha value is -5.13. The van der Waals surface area contributed by atoms with Gasteiger partial charge in [0.2, 0.25) is 5.82 Å². The average Bonchev–Trinajstić information content (AvgIpc) is 2.82. The highest BCUT2D eigenvalue weighted by Gasteiger charge is 2.26. The van der Waals surface area contributed by atoms with Gasteiger partial charge in [0, 0.05) is 23.1 Å². The van der Waals surface area contributed by atoms with E-state index < -0.39 is 21.4 Å². The molecule has 0 radical (unpaired) electrons. The number of nitrogens with zero attached hydrogens (tertiary/aromatic N) is 4. The van der Waals surface area contributed by atoms with Crippen LogP contribution in [0.15, 0.2) is 73.1 Å². The summed E-state index contributed by atoms with van der Waals surface area (Å²) in [4.78, 5) is 41.2. The molecule has 0 saturated heterocycles. The van der Waals surface area contributed by atoms with Gasteiger partial charge in [0.05, 0.1) is 9.85 Å². The molecule has 0 fully saturated rings. The molecule has 164 valence electrons. The van der Waals surface area contributed by atoms with E-state index in [9.17, 15) is 25.0 Å². The molecule has 12 nitrogen and oxygen atoms in total. The molecule has 1 aromatic heterocycles. The van der Waals surface area contributed by atoms with Gasteiger partial charge in [0.15, 0.2) is 0 Å². The summed E-state index contributed by atoms with van der Waals surface area (Å²) in [5.74, 6) is -0.955. The molecule has 4 aromatic rings. The number of ether oxygens (including phenoxy) is 1. The summed E-state index contributed by atoms with van der Waals surface area (Å²) in [5, 5.41) is 24.1. The van der Waals surface area contributed by atoms with Gasteiger partial charge in [-0.15, -0.1) is 0 Å². The SMILES string of the molecule is O=C(NNc1ncnc(Oc2cccc3ccccc23)c1[N+](=O)[O-])c1ccc([N+](=O)[O-])cc1. The van der Waals surface area contributed by atoms with Gasteiger partial charge in [-0.25, -0.2) is 4.98 Å². The number of hydrogen-bond donors (Lipinski definition) is 2. The smallest absolute Gasteiger partial charge is 0.374 e. The van der Waals surface area contributed by atoms with Gasteiger partial charge in [-0.1, -0.05) is 36.4 Å². The van der Waals surface area contributed by atoms with E-state index in [1.165, 1.54) is 12.1 Å². The van der Waals surface area contributed by atoms with E-state index in [1.54, 1.807) is 18.2 Å². The largest absolute Gasteiger partial charge is 0.433 e. The van der Waals surface area contributed by atoms with Gasteiger partial charge in [0.1, 0.15) is 12.1 Å². The summed E-state index contributed by atoms with van der Waals surface area (Å²) < 4.78 is 5.74. The van der Waals surface area contributed by atoms with Crippen LogP contribution in [0, 0.1) is 20.2 Å². The molecule has 0 aliphatic carbocycles. The molecule has 1 heterocycles. The van der Waals surface area contributed by atoms with Crippen LogP contribution in [0.2, 0.25) is 0 Å². The van der Waals surface area contributed by atoms with Crippen molar-refractivity contribution in [2.24, 2.45) is 0 Å². The first-order valence-electron chi connectivity index (χ1n) is 9.40. The quantitative estimate of drug-likeness (QED) is 0.315. The fourth-order valence-electron chi connectivity index (χ4n) is 3.00. The van der Waals surface area contributed by atoms with Crippen molar-refractivity contribution in [2.75, 3.05) is 5.43 Å². The maximum Gasteiger partial charge on any atom is 0.374 e. The number of nitro groups is 2. The monoisotopic (exact) mass is 446 g/mol. The number of nitrogens with one attached hydrogen (secondary N) is 2. The Labute approximate surface area is 185 Å². The van der Waals surface area contributed by atoms with Crippen LogP contribution in [0.1, 0.15) is 10.4 Å². The van der Waals surface area contributed by atoms with E-state index in [0.29, 0.717) is 5.75 Å². The molecular weight excluding hydrogens is 432 g/mol. The molecule has 0 spiro atoms. The molecule has 3 aromatic carbocycles. The Bertz CT molecular complexity index is 1370. The Morgan fingerprint density at radius 3 is 2.33 bits per heavy atom. The maximum atomic E-state index is 12.3. The molecule has 0 atom stereocenters. The number of non-ortho nitro benzene ring substituents is 1. The lowest BCUT2D eigenvalue weighted by atomic mass is 10.1. The molecule has 0 aliphatic heterocycles. The topological polar surface area (TPSA) is 162 Å². The fourth-order valence-corrected chi connectivity index (χ4v) is 3.00. The van der Waals surface area contributed by atoms with Gasteiger partial charge in [-0.05, 0) is 23.6 Å². The molecule has 0 unspecified atom stereocenters. The van der Waals surface area contributed by atoms with Crippen LogP contribution >= 0.6 is 0 Å². The van der Waals surface area contributed by atoms with Crippen molar-refractivity contribution < 1.29 is 19.4 Å². The second-order valence-corrected chi connectivity index (χ2v) is 6.60. The highest BCUT2D eigenvalue weighted by Crippen LogP contribution is 2.36. The molecule has 0 bridgehead atoms. The third-order valence-electron chi connectivity index (χ3n) is 4.56. The number of amides is 1. The summed E-state index contributed by atoms with van der Waals surface area (Å²) in [6.07, 6.45) is 1.05. The number of rotatable bonds is 7. The third kappa shape index (κ3) is 4.49. The molecule has 12 heteroatoms. The zero-order valence-electron chi connectivity index (χ0n) is 16.7. The van der Waals surface area contributed by atoms with E-state index in [0.717, 1.165) is 29.2 Å². The van der Waals surface area contributed by atoms with Crippen LogP contribution in [0.3, 0.4) is 0 Å². The normalized spacial score (nSPS) is 10.4. The molecule has 33 heavy (non-hydrogen) atoms. The van der Waals surface area contributed by atoms with Crippen molar-refractivity contribution in [1.82, 2.24) is 15.4 Å². The van der Waals surface area contributed by atoms with Gasteiger partial charge in [-0.3, -0.25) is 35.9 Å². The molecular formula is C21H14N6O6. The molecule has 0 aliphatic rings. The summed E-state index contributed by atoms with van der Waals surface area (Å²) in [6.45, 7) is 0. The van der Waals surface area contributed by atoms with Crippen molar-refractivity contribution in [3.63, 3.8) is 0 Å². The minimum atomic E-state index is -0.735. The Morgan fingerprint density at radius 1 is 0.879 bits per heavy atom. The number of aromatic nitrogens is 2. The fraction of sp³-hybridized carbons (Fsp3) is 0. The number of carbonyl (C=O) groups is 1. The first-order valence-corrected chi connectivity index (χ1v) is 9.40. The highest BCUT2D eigenvalue weighted by atomic mass is 16.6. The molecule has 1 amide bonds. The first-order chi connectivity index (χ1) is 15.9. The van der Waals surface area contributed by atoms with Crippen LogP contribution in [-0.2, 0) is 0 Å². The van der Waals surface area contributed by atoms with E-state index in [2.05, 4.69) is 20.8 Å². The van der Waals surface area contributed by atoms with Crippen molar-refractivity contribution >= 4 is 33.9 Å². The Balaban J connectivity index is 1.58. The number of fused-ring (bicyclic) bond motifs is 1. The standard InChI is InChI=1S/C21H14N6O6/c28-20(14-8-10-15(11-9-14)26(29)30)25-24-19-18(27(31)32)21(23-12-22-19)33-17-7-3-5-13-4-1-2-6-16(13)17/h1-12H,(H,25,28)(H,22,23,24). The molecule has 2 N–H and O–H groups in total. The first kappa shape index (κ1) is 21.1. The zero-order chi connectivity index (χ0) is 23.4. The average molecular weight is 446 g/mol. The lowest BCUT2D eigenvalue weighted by Gasteiger charge is -2.11. The summed E-state index contributed by atoms with van der Waals surface area (Å²) in [5.41, 5.74) is 3.98. The zero-order valence-corrected chi connectivity index (χ0v) is 16.7. The predicted octanol–water partition coefficient (Wildman–Crippen LogP) is 4.00. The second-order valence-electron chi connectivity index (χ2n) is 6.60. The maximum absolute atomic E-state index is 12.3. The summed E-state index contributed by atoms with van der Waals surface area (Å²) in [7, 11) is 0. The predicted molar refractivity (Wildman–Crippen MR) is 117 cm³/mol. The van der Waals surface area contributed by atoms with Crippen LogP contribution in [0.4, 0.5) is 17.2 Å². The molecule has 4 rings (SSSR count). The van der Waals surface area contributed by atoms with Gasteiger partial charge in [0.25, 0.3) is 11.6 Å². The van der Waals surface area contributed by atoms with E-state index >= 15 is 0 Å². The van der Waals surface area contributed by atoms with Crippen molar-refractivity contribution in [2.45, 2.75) is 0 Å².